The van der Waals surface area contributed by atoms with Crippen LogP contribution in [0, 0.1) is 11.8 Å². The number of hydrogen-bond donors (Lipinski definition) is 1. The Labute approximate surface area is 207 Å². The first-order valence-electron chi connectivity index (χ1n) is 12.4. The van der Waals surface area contributed by atoms with Crippen molar-refractivity contribution < 1.29 is 19.0 Å². The molecule has 1 saturated carbocycles. The van der Waals surface area contributed by atoms with E-state index in [-0.39, 0.29) is 23.0 Å². The molecule has 1 N–H and O–H groups in total. The standard InChI is InChI=1S/C29H42O4Si/c1-22-25(20-31-18-23-13-9-7-10-14-23)26(21-32-19-24-15-11-8-12-16-24)27(30)17-28(22)33-34(5,6)29(2,3)4/h7-16,25-28,30H,1,17-21H2,2-6H3/t25-,26-,27-,28+/m0/s1. The molecule has 34 heavy (non-hydrogen) atoms. The first-order chi connectivity index (χ1) is 16.1. The van der Waals surface area contributed by atoms with Gasteiger partial charge in [-0.1, -0.05) is 88.0 Å². The minimum absolute atomic E-state index is 0.0296. The average Bonchev–Trinajstić information content (AvgIpc) is 2.79. The van der Waals surface area contributed by atoms with Crippen LogP contribution in [0.25, 0.3) is 0 Å². The highest BCUT2D eigenvalue weighted by molar-refractivity contribution is 6.74. The van der Waals surface area contributed by atoms with E-state index in [2.05, 4.69) is 64.7 Å². The van der Waals surface area contributed by atoms with Gasteiger partial charge in [0.25, 0.3) is 0 Å². The summed E-state index contributed by atoms with van der Waals surface area (Å²) >= 11 is 0. The Balaban J connectivity index is 1.70. The summed E-state index contributed by atoms with van der Waals surface area (Å²) in [5.74, 6) is -0.107. The van der Waals surface area contributed by atoms with E-state index in [4.69, 9.17) is 13.9 Å². The maximum Gasteiger partial charge on any atom is 0.192 e. The monoisotopic (exact) mass is 482 g/mol. The van der Waals surface area contributed by atoms with E-state index >= 15 is 0 Å². The number of rotatable bonds is 10. The second kappa shape index (κ2) is 11.8. The number of hydrogen-bond acceptors (Lipinski definition) is 4. The van der Waals surface area contributed by atoms with Crippen LogP contribution in [-0.2, 0) is 27.1 Å². The summed E-state index contributed by atoms with van der Waals surface area (Å²) in [6.07, 6.45) is -0.132. The lowest BCUT2D eigenvalue weighted by Crippen LogP contribution is -2.51. The molecule has 0 heterocycles. The molecule has 2 aromatic rings. The van der Waals surface area contributed by atoms with Gasteiger partial charge in [0, 0.05) is 18.3 Å². The molecule has 1 aliphatic rings. The van der Waals surface area contributed by atoms with Crippen molar-refractivity contribution in [3.05, 3.63) is 83.9 Å². The van der Waals surface area contributed by atoms with Crippen LogP contribution >= 0.6 is 0 Å². The summed E-state index contributed by atoms with van der Waals surface area (Å²) in [4.78, 5) is 0. The SMILES string of the molecule is C=C1[C@H](O[Si](C)(C)C(C)(C)C)C[C@H](O)[C@@H](COCc2ccccc2)[C@H]1COCc1ccccc1. The first kappa shape index (κ1) is 26.8. The minimum atomic E-state index is -2.01. The van der Waals surface area contributed by atoms with Crippen molar-refractivity contribution in [3.8, 4) is 0 Å². The molecule has 5 heteroatoms. The van der Waals surface area contributed by atoms with Gasteiger partial charge in [0.2, 0.25) is 0 Å². The topological polar surface area (TPSA) is 47.9 Å². The molecule has 186 valence electrons. The molecule has 4 nitrogen and oxygen atoms in total. The molecule has 2 aromatic carbocycles. The third-order valence-corrected chi connectivity index (χ3v) is 11.9. The molecule has 4 atom stereocenters. The fourth-order valence-corrected chi connectivity index (χ4v) is 5.52. The highest BCUT2D eigenvalue weighted by Crippen LogP contribution is 2.42. The van der Waals surface area contributed by atoms with Crippen LogP contribution in [0.5, 0.6) is 0 Å². The van der Waals surface area contributed by atoms with Crippen LogP contribution < -0.4 is 0 Å². The maximum absolute atomic E-state index is 11.2. The zero-order chi connectivity index (χ0) is 24.8. The number of aliphatic hydroxyl groups is 1. The van der Waals surface area contributed by atoms with E-state index in [0.29, 0.717) is 32.8 Å². The molecule has 0 amide bonds. The van der Waals surface area contributed by atoms with Crippen molar-refractivity contribution in [2.75, 3.05) is 13.2 Å². The largest absolute Gasteiger partial charge is 0.410 e. The highest BCUT2D eigenvalue weighted by Gasteiger charge is 2.45. The molecule has 0 aliphatic heterocycles. The Morgan fingerprint density at radius 3 is 1.88 bits per heavy atom. The van der Waals surface area contributed by atoms with E-state index in [1.807, 2.05) is 36.4 Å². The van der Waals surface area contributed by atoms with Crippen molar-refractivity contribution in [1.29, 1.82) is 0 Å². The van der Waals surface area contributed by atoms with E-state index in [1.165, 1.54) is 0 Å². The van der Waals surface area contributed by atoms with Crippen LogP contribution in [0.15, 0.2) is 72.8 Å². The Morgan fingerprint density at radius 1 is 0.882 bits per heavy atom. The van der Waals surface area contributed by atoms with Crippen LogP contribution in [-0.4, -0.2) is 38.8 Å². The third kappa shape index (κ3) is 7.12. The summed E-state index contributed by atoms with van der Waals surface area (Å²) in [5, 5.41) is 11.3. The second-order valence-corrected chi connectivity index (χ2v) is 15.8. The van der Waals surface area contributed by atoms with Crippen molar-refractivity contribution in [3.63, 3.8) is 0 Å². The summed E-state index contributed by atoms with van der Waals surface area (Å²) in [7, 11) is -2.01. The summed E-state index contributed by atoms with van der Waals surface area (Å²) in [6, 6.07) is 20.3. The summed E-state index contributed by atoms with van der Waals surface area (Å²) in [6.45, 7) is 17.7. The van der Waals surface area contributed by atoms with Crippen molar-refractivity contribution in [1.82, 2.24) is 0 Å². The van der Waals surface area contributed by atoms with Gasteiger partial charge >= 0.3 is 0 Å². The van der Waals surface area contributed by atoms with Crippen LogP contribution in [0.1, 0.15) is 38.3 Å². The molecular weight excluding hydrogens is 440 g/mol. The van der Waals surface area contributed by atoms with Gasteiger partial charge in [-0.05, 0) is 34.8 Å². The predicted molar refractivity (Wildman–Crippen MR) is 141 cm³/mol. The quantitative estimate of drug-likeness (QED) is 0.316. The molecule has 0 bridgehead atoms. The predicted octanol–water partition coefficient (Wildman–Crippen LogP) is 6.36. The first-order valence-corrected chi connectivity index (χ1v) is 15.3. The van der Waals surface area contributed by atoms with Gasteiger partial charge < -0.3 is 19.0 Å². The van der Waals surface area contributed by atoms with Crippen LogP contribution in [0.2, 0.25) is 18.1 Å². The molecule has 1 aliphatic carbocycles. The highest BCUT2D eigenvalue weighted by atomic mass is 28.4. The average molecular weight is 483 g/mol. The molecule has 0 aromatic heterocycles. The van der Waals surface area contributed by atoms with Crippen LogP contribution in [0.3, 0.4) is 0 Å². The van der Waals surface area contributed by atoms with E-state index in [1.54, 1.807) is 0 Å². The summed E-state index contributed by atoms with van der Waals surface area (Å²) in [5.41, 5.74) is 3.29. The maximum atomic E-state index is 11.2. The van der Waals surface area contributed by atoms with Gasteiger partial charge in [0.1, 0.15) is 0 Å². The Hall–Kier alpha value is -1.76. The molecule has 0 unspecified atom stereocenters. The van der Waals surface area contributed by atoms with Gasteiger partial charge in [-0.25, -0.2) is 0 Å². The lowest BCUT2D eigenvalue weighted by Gasteiger charge is -2.46. The fourth-order valence-electron chi connectivity index (χ4n) is 4.21. The zero-order valence-corrected chi connectivity index (χ0v) is 22.5. The number of aliphatic hydroxyl groups excluding tert-OH is 1. The number of benzene rings is 2. The van der Waals surface area contributed by atoms with Gasteiger partial charge in [0.15, 0.2) is 8.32 Å². The van der Waals surface area contributed by atoms with Gasteiger partial charge in [-0.2, -0.15) is 0 Å². The molecular formula is C29H42O4Si. The minimum Gasteiger partial charge on any atom is -0.410 e. The lowest BCUT2D eigenvalue weighted by molar-refractivity contribution is -0.0587. The molecule has 0 spiro atoms. The van der Waals surface area contributed by atoms with Crippen molar-refractivity contribution in [2.24, 2.45) is 11.8 Å². The molecule has 0 radical (unpaired) electrons. The smallest absolute Gasteiger partial charge is 0.192 e. The van der Waals surface area contributed by atoms with Crippen LogP contribution in [0.4, 0.5) is 0 Å². The van der Waals surface area contributed by atoms with E-state index < -0.39 is 14.4 Å². The Morgan fingerprint density at radius 2 is 1.38 bits per heavy atom. The lowest BCUT2D eigenvalue weighted by atomic mass is 9.74. The second-order valence-electron chi connectivity index (χ2n) is 11.0. The molecule has 3 rings (SSSR count). The van der Waals surface area contributed by atoms with Crippen molar-refractivity contribution in [2.45, 2.75) is 70.7 Å². The van der Waals surface area contributed by atoms with Gasteiger partial charge in [0.05, 0.1) is 38.6 Å². The van der Waals surface area contributed by atoms with Crippen molar-refractivity contribution >= 4 is 8.32 Å². The van der Waals surface area contributed by atoms with Gasteiger partial charge in [-0.15, -0.1) is 0 Å². The molecule has 1 fully saturated rings. The van der Waals surface area contributed by atoms with E-state index in [0.717, 1.165) is 16.7 Å². The zero-order valence-electron chi connectivity index (χ0n) is 21.5. The van der Waals surface area contributed by atoms with Gasteiger partial charge in [-0.3, -0.25) is 0 Å². The summed E-state index contributed by atoms with van der Waals surface area (Å²) < 4.78 is 18.9. The Kier molecular flexibility index (Phi) is 9.30. The Bertz CT molecular complexity index is 891. The number of ether oxygens (including phenoxy) is 2. The fraction of sp³-hybridized carbons (Fsp3) is 0.517. The normalized spacial score (nSPS) is 23.8. The molecule has 0 saturated heterocycles. The third-order valence-electron chi connectivity index (χ3n) is 7.43. The van der Waals surface area contributed by atoms with E-state index in [9.17, 15) is 5.11 Å².